The van der Waals surface area contributed by atoms with E-state index in [1.807, 2.05) is 0 Å². The number of carbonyl (C=O) groups excluding carboxylic acids is 4. The minimum absolute atomic E-state index is 0.143. The van der Waals surface area contributed by atoms with Crippen molar-refractivity contribution >= 4 is 23.6 Å². The Morgan fingerprint density at radius 2 is 2.03 bits per heavy atom. The second kappa shape index (κ2) is 9.40. The van der Waals surface area contributed by atoms with Crippen LogP contribution < -0.4 is 15.4 Å². The molecule has 3 heterocycles. The lowest BCUT2D eigenvalue weighted by molar-refractivity contribution is -0.147. The molecule has 4 amide bonds. The highest BCUT2D eigenvalue weighted by Crippen LogP contribution is 2.30. The number of aromatic nitrogens is 1. The van der Waals surface area contributed by atoms with Gasteiger partial charge in [0.15, 0.2) is 0 Å². The van der Waals surface area contributed by atoms with Crippen LogP contribution in [0.2, 0.25) is 0 Å². The number of imide groups is 1. The lowest BCUT2D eigenvalue weighted by atomic mass is 10.0. The number of hydrogen-bond acceptors (Lipinski definition) is 6. The summed E-state index contributed by atoms with van der Waals surface area (Å²) in [5.74, 6) is -6.28. The topological polar surface area (TPSA) is 118 Å². The maximum atomic E-state index is 14.6. The Morgan fingerprint density at radius 1 is 1.26 bits per heavy atom. The van der Waals surface area contributed by atoms with Gasteiger partial charge in [-0.1, -0.05) is 12.1 Å². The number of fused-ring (bicyclic) bond motifs is 1. The second-order valence-corrected chi connectivity index (χ2v) is 8.69. The third kappa shape index (κ3) is 4.98. The van der Waals surface area contributed by atoms with Crippen molar-refractivity contribution in [3.63, 3.8) is 0 Å². The predicted molar refractivity (Wildman–Crippen MR) is 118 cm³/mol. The van der Waals surface area contributed by atoms with Gasteiger partial charge in [-0.25, -0.2) is 0 Å². The highest BCUT2D eigenvalue weighted by Gasteiger charge is 2.42. The molecule has 2 aliphatic heterocycles. The van der Waals surface area contributed by atoms with Gasteiger partial charge >= 0.3 is 5.92 Å². The van der Waals surface area contributed by atoms with Crippen LogP contribution in [-0.4, -0.2) is 45.7 Å². The SMILES string of the molecule is CC(C)Oc1ccc(C(F)(F)C(=O)NCc2ccc3c(c2)CN(C2CCC(=O)NC2=O)C3=O)nc1. The van der Waals surface area contributed by atoms with Gasteiger partial charge in [0.2, 0.25) is 11.8 Å². The van der Waals surface area contributed by atoms with E-state index in [0.717, 1.165) is 12.3 Å². The average Bonchev–Trinajstić information content (AvgIpc) is 3.13. The normalized spacial score (nSPS) is 17.9. The van der Waals surface area contributed by atoms with Gasteiger partial charge in [0, 0.05) is 25.1 Å². The Morgan fingerprint density at radius 3 is 2.69 bits per heavy atom. The smallest absolute Gasteiger partial charge is 0.366 e. The molecule has 2 aromatic rings. The van der Waals surface area contributed by atoms with Gasteiger partial charge in [-0.3, -0.25) is 29.5 Å². The molecule has 2 N–H and O–H groups in total. The fourth-order valence-corrected chi connectivity index (χ4v) is 4.06. The molecule has 0 aliphatic carbocycles. The zero-order valence-corrected chi connectivity index (χ0v) is 19.1. The van der Waals surface area contributed by atoms with Crippen LogP contribution in [-0.2, 0) is 33.4 Å². The predicted octanol–water partition coefficient (Wildman–Crippen LogP) is 2.04. The quantitative estimate of drug-likeness (QED) is 0.579. The van der Waals surface area contributed by atoms with Gasteiger partial charge in [-0.05, 0) is 49.6 Å². The van der Waals surface area contributed by atoms with Crippen LogP contribution in [0, 0.1) is 0 Å². The van der Waals surface area contributed by atoms with Crippen LogP contribution in [0.1, 0.15) is 53.9 Å². The van der Waals surface area contributed by atoms with E-state index in [2.05, 4.69) is 15.6 Å². The molecule has 1 aromatic heterocycles. The first-order chi connectivity index (χ1) is 16.6. The number of rotatable bonds is 7. The van der Waals surface area contributed by atoms with Crippen LogP contribution in [0.25, 0.3) is 0 Å². The first kappa shape index (κ1) is 24.2. The molecule has 0 spiro atoms. The summed E-state index contributed by atoms with van der Waals surface area (Å²) in [6.07, 6.45) is 1.37. The van der Waals surface area contributed by atoms with E-state index >= 15 is 0 Å². The lowest BCUT2D eigenvalue weighted by Crippen LogP contribution is -2.52. The minimum Gasteiger partial charge on any atom is -0.489 e. The summed E-state index contributed by atoms with van der Waals surface area (Å²) in [6.45, 7) is 3.53. The number of halogens is 2. The molecule has 1 atom stereocenters. The standard InChI is InChI=1S/C24H24F2N4O5/c1-13(2)35-16-4-7-19(27-11-16)24(25,26)23(34)28-10-14-3-5-17-15(9-14)12-30(22(17)33)18-6-8-20(31)29-21(18)32/h3-5,7,9,11,13,18H,6,8,10,12H2,1-2H3,(H,28,34)(H,29,31,32). The summed E-state index contributed by atoms with van der Waals surface area (Å²) < 4.78 is 34.6. The number of ether oxygens (including phenoxy) is 1. The molecule has 11 heteroatoms. The third-order valence-corrected chi connectivity index (χ3v) is 5.76. The number of amides is 4. The molecule has 2 aliphatic rings. The number of benzene rings is 1. The van der Waals surface area contributed by atoms with Gasteiger partial charge in [-0.15, -0.1) is 0 Å². The average molecular weight is 486 g/mol. The number of pyridine rings is 1. The van der Waals surface area contributed by atoms with E-state index in [4.69, 9.17) is 4.74 Å². The van der Waals surface area contributed by atoms with Gasteiger partial charge in [0.25, 0.3) is 11.8 Å². The fourth-order valence-electron chi connectivity index (χ4n) is 4.06. The van der Waals surface area contributed by atoms with Gasteiger partial charge in [-0.2, -0.15) is 8.78 Å². The summed E-state index contributed by atoms with van der Waals surface area (Å²) >= 11 is 0. The Balaban J connectivity index is 1.40. The van der Waals surface area contributed by atoms with Gasteiger partial charge in [0.1, 0.15) is 17.5 Å². The number of hydrogen-bond donors (Lipinski definition) is 2. The van der Waals surface area contributed by atoms with Crippen molar-refractivity contribution in [2.75, 3.05) is 0 Å². The lowest BCUT2D eigenvalue weighted by Gasteiger charge is -2.29. The zero-order valence-electron chi connectivity index (χ0n) is 19.1. The molecular formula is C24H24F2N4O5. The maximum absolute atomic E-state index is 14.6. The molecule has 9 nitrogen and oxygen atoms in total. The Bertz CT molecular complexity index is 1180. The highest BCUT2D eigenvalue weighted by molar-refractivity contribution is 6.05. The Kier molecular flexibility index (Phi) is 6.51. The van der Waals surface area contributed by atoms with Gasteiger partial charge < -0.3 is 15.0 Å². The van der Waals surface area contributed by atoms with Gasteiger partial charge in [0.05, 0.1) is 12.3 Å². The molecule has 1 aromatic carbocycles. The van der Waals surface area contributed by atoms with Crippen molar-refractivity contribution in [3.8, 4) is 5.75 Å². The number of nitrogens with one attached hydrogen (secondary N) is 2. The highest BCUT2D eigenvalue weighted by atomic mass is 19.3. The van der Waals surface area contributed by atoms with Crippen LogP contribution >= 0.6 is 0 Å². The first-order valence-corrected chi connectivity index (χ1v) is 11.1. The number of carbonyl (C=O) groups is 4. The van der Waals surface area contributed by atoms with E-state index in [1.54, 1.807) is 26.0 Å². The molecule has 1 unspecified atom stereocenters. The van der Waals surface area contributed by atoms with Crippen LogP contribution in [0.5, 0.6) is 5.75 Å². The minimum atomic E-state index is -3.86. The summed E-state index contributed by atoms with van der Waals surface area (Å²) in [6, 6.07) is 6.35. The molecule has 1 saturated heterocycles. The number of piperidine rings is 1. The number of alkyl halides is 2. The molecule has 0 radical (unpaired) electrons. The molecule has 184 valence electrons. The summed E-state index contributed by atoms with van der Waals surface area (Å²) in [5.41, 5.74) is 0.814. The summed E-state index contributed by atoms with van der Waals surface area (Å²) in [4.78, 5) is 53.6. The molecule has 0 saturated carbocycles. The molecule has 1 fully saturated rings. The summed E-state index contributed by atoms with van der Waals surface area (Å²) in [5, 5.41) is 4.45. The van der Waals surface area contributed by atoms with Crippen molar-refractivity contribution < 1.29 is 32.7 Å². The second-order valence-electron chi connectivity index (χ2n) is 8.69. The largest absolute Gasteiger partial charge is 0.489 e. The molecule has 0 bridgehead atoms. The van der Waals surface area contributed by atoms with Crippen molar-refractivity contribution in [1.29, 1.82) is 0 Å². The van der Waals surface area contributed by atoms with E-state index in [9.17, 15) is 28.0 Å². The van der Waals surface area contributed by atoms with E-state index in [-0.39, 0.29) is 43.8 Å². The zero-order chi connectivity index (χ0) is 25.3. The third-order valence-electron chi connectivity index (χ3n) is 5.76. The molecular weight excluding hydrogens is 462 g/mol. The Labute approximate surface area is 199 Å². The van der Waals surface area contributed by atoms with Crippen LogP contribution in [0.4, 0.5) is 8.78 Å². The molecule has 35 heavy (non-hydrogen) atoms. The number of nitrogens with zero attached hydrogens (tertiary/aromatic N) is 2. The summed E-state index contributed by atoms with van der Waals surface area (Å²) in [7, 11) is 0. The van der Waals surface area contributed by atoms with Crippen molar-refractivity contribution in [1.82, 2.24) is 20.5 Å². The fraction of sp³-hybridized carbons (Fsp3) is 0.375. The molecule has 4 rings (SSSR count). The van der Waals surface area contributed by atoms with E-state index < -0.39 is 29.5 Å². The van der Waals surface area contributed by atoms with Crippen molar-refractivity contribution in [2.24, 2.45) is 0 Å². The van der Waals surface area contributed by atoms with E-state index in [0.29, 0.717) is 22.4 Å². The van der Waals surface area contributed by atoms with E-state index in [1.165, 1.54) is 17.0 Å². The first-order valence-electron chi connectivity index (χ1n) is 11.1. The van der Waals surface area contributed by atoms with Crippen molar-refractivity contribution in [2.45, 2.75) is 57.8 Å². The van der Waals surface area contributed by atoms with Crippen LogP contribution in [0.15, 0.2) is 36.5 Å². The van der Waals surface area contributed by atoms with Crippen LogP contribution in [0.3, 0.4) is 0 Å². The maximum Gasteiger partial charge on any atom is 0.366 e. The van der Waals surface area contributed by atoms with Crippen molar-refractivity contribution in [3.05, 3.63) is 58.9 Å². The Hall–Kier alpha value is -3.89. The monoisotopic (exact) mass is 486 g/mol.